The van der Waals surface area contributed by atoms with Crippen LogP contribution in [-0.4, -0.2) is 34.5 Å². The van der Waals surface area contributed by atoms with Crippen molar-refractivity contribution < 1.29 is 14.3 Å². The summed E-state index contributed by atoms with van der Waals surface area (Å²) in [6, 6.07) is 0. The van der Waals surface area contributed by atoms with Crippen molar-refractivity contribution in [3.63, 3.8) is 0 Å². The van der Waals surface area contributed by atoms with Gasteiger partial charge in [0.25, 0.3) is 0 Å². The van der Waals surface area contributed by atoms with Crippen LogP contribution in [0.3, 0.4) is 0 Å². The Labute approximate surface area is 93.4 Å². The second-order valence-corrected chi connectivity index (χ2v) is 4.36. The molecule has 0 amide bonds. The van der Waals surface area contributed by atoms with Gasteiger partial charge in [0, 0.05) is 31.2 Å². The summed E-state index contributed by atoms with van der Waals surface area (Å²) in [7, 11) is 0. The average molecular weight is 222 g/mol. The van der Waals surface area contributed by atoms with E-state index >= 15 is 0 Å². The Morgan fingerprint density at radius 1 is 1.44 bits per heavy atom. The Hall–Kier alpha value is -1.20. The van der Waals surface area contributed by atoms with E-state index in [-0.39, 0.29) is 11.8 Å². The highest BCUT2D eigenvalue weighted by Crippen LogP contribution is 2.41. The first-order valence-electron chi connectivity index (χ1n) is 5.59. The molecule has 2 heterocycles. The highest BCUT2D eigenvalue weighted by Gasteiger charge is 2.46. The van der Waals surface area contributed by atoms with Gasteiger partial charge in [-0.15, -0.1) is 0 Å². The van der Waals surface area contributed by atoms with Gasteiger partial charge in [0.2, 0.25) is 5.91 Å². The minimum atomic E-state index is -0.471. The molecule has 1 aliphatic carbocycles. The van der Waals surface area contributed by atoms with E-state index in [4.69, 9.17) is 9.47 Å². The van der Waals surface area contributed by atoms with Crippen LogP contribution < -0.4 is 0 Å². The third kappa shape index (κ3) is 1.56. The predicted molar refractivity (Wildman–Crippen MR) is 54.8 cm³/mol. The number of hydrogen-bond acceptors (Lipinski definition) is 4. The molecule has 2 aliphatic rings. The minimum Gasteiger partial charge on any atom is -0.348 e. The van der Waals surface area contributed by atoms with Crippen LogP contribution in [-0.2, 0) is 9.47 Å². The summed E-state index contributed by atoms with van der Waals surface area (Å²) in [4.78, 5) is 15.9. The largest absolute Gasteiger partial charge is 0.348 e. The summed E-state index contributed by atoms with van der Waals surface area (Å²) in [6.07, 6.45) is 7.16. The molecule has 1 unspecified atom stereocenters. The molecule has 1 spiro atoms. The van der Waals surface area contributed by atoms with Gasteiger partial charge < -0.3 is 9.47 Å². The minimum absolute atomic E-state index is 0.00713. The number of aromatic nitrogens is 2. The number of imidazole rings is 1. The first-order chi connectivity index (χ1) is 7.79. The molecule has 5 nitrogen and oxygen atoms in total. The predicted octanol–water partition coefficient (Wildman–Crippen LogP) is 1.07. The molecule has 1 atom stereocenters. The maximum Gasteiger partial charge on any atom is 0.235 e. The van der Waals surface area contributed by atoms with Crippen molar-refractivity contribution in [2.75, 3.05) is 13.2 Å². The topological polar surface area (TPSA) is 53.4 Å². The van der Waals surface area contributed by atoms with Crippen LogP contribution >= 0.6 is 0 Å². The zero-order chi connectivity index (χ0) is 11.0. The molecule has 0 N–H and O–H groups in total. The van der Waals surface area contributed by atoms with Crippen LogP contribution in [0.2, 0.25) is 0 Å². The van der Waals surface area contributed by atoms with Gasteiger partial charge in [-0.05, 0) is 6.42 Å². The number of ether oxygens (including phenoxy) is 2. The maximum absolute atomic E-state index is 12.1. The fourth-order valence-electron chi connectivity index (χ4n) is 2.54. The molecule has 1 saturated heterocycles. The van der Waals surface area contributed by atoms with Crippen molar-refractivity contribution >= 4 is 5.91 Å². The third-order valence-electron chi connectivity index (χ3n) is 3.35. The first kappa shape index (κ1) is 9.99. The fraction of sp³-hybridized carbons (Fsp3) is 0.636. The second kappa shape index (κ2) is 3.68. The van der Waals surface area contributed by atoms with Gasteiger partial charge in [0.1, 0.15) is 6.33 Å². The van der Waals surface area contributed by atoms with Gasteiger partial charge in [-0.1, -0.05) is 0 Å². The molecular weight excluding hydrogens is 208 g/mol. The third-order valence-corrected chi connectivity index (χ3v) is 3.35. The Morgan fingerprint density at radius 2 is 2.25 bits per heavy atom. The molecule has 16 heavy (non-hydrogen) atoms. The second-order valence-electron chi connectivity index (χ2n) is 4.36. The summed E-state index contributed by atoms with van der Waals surface area (Å²) in [6.45, 7) is 1.29. The van der Waals surface area contributed by atoms with Gasteiger partial charge in [-0.25, -0.2) is 4.98 Å². The molecule has 1 aliphatic heterocycles. The van der Waals surface area contributed by atoms with Crippen molar-refractivity contribution in [3.05, 3.63) is 18.7 Å². The number of nitrogens with zero attached hydrogens (tertiary/aromatic N) is 2. The molecule has 0 radical (unpaired) electrons. The summed E-state index contributed by atoms with van der Waals surface area (Å²) < 4.78 is 12.7. The molecule has 2 fully saturated rings. The average Bonchev–Trinajstić information content (AvgIpc) is 3.01. The van der Waals surface area contributed by atoms with E-state index in [9.17, 15) is 4.79 Å². The van der Waals surface area contributed by atoms with E-state index in [2.05, 4.69) is 4.98 Å². The van der Waals surface area contributed by atoms with Crippen LogP contribution in [0.4, 0.5) is 0 Å². The van der Waals surface area contributed by atoms with Crippen LogP contribution in [0.15, 0.2) is 18.7 Å². The van der Waals surface area contributed by atoms with Crippen LogP contribution in [0.1, 0.15) is 24.1 Å². The van der Waals surface area contributed by atoms with Crippen molar-refractivity contribution in [2.45, 2.75) is 25.0 Å². The van der Waals surface area contributed by atoms with Gasteiger partial charge in [-0.2, -0.15) is 0 Å². The Kier molecular flexibility index (Phi) is 2.29. The maximum atomic E-state index is 12.1. The molecule has 1 aromatic rings. The highest BCUT2D eigenvalue weighted by molar-refractivity contribution is 5.81. The van der Waals surface area contributed by atoms with Crippen molar-refractivity contribution in [2.24, 2.45) is 5.92 Å². The normalized spacial score (nSPS) is 27.6. The van der Waals surface area contributed by atoms with Gasteiger partial charge in [0.15, 0.2) is 5.79 Å². The fourth-order valence-corrected chi connectivity index (χ4v) is 2.54. The number of carbonyl (C=O) groups is 1. The molecule has 1 saturated carbocycles. The van der Waals surface area contributed by atoms with Crippen molar-refractivity contribution in [3.8, 4) is 0 Å². The first-order valence-corrected chi connectivity index (χ1v) is 5.59. The lowest BCUT2D eigenvalue weighted by molar-refractivity contribution is -0.151. The van der Waals surface area contributed by atoms with Crippen LogP contribution in [0, 0.1) is 5.92 Å². The quantitative estimate of drug-likeness (QED) is 0.713. The monoisotopic (exact) mass is 222 g/mol. The van der Waals surface area contributed by atoms with E-state index in [0.717, 1.165) is 12.8 Å². The molecule has 0 bridgehead atoms. The molecule has 0 aromatic carbocycles. The number of carbonyl (C=O) groups excluding carboxylic acids is 1. The number of hydrogen-bond donors (Lipinski definition) is 0. The number of rotatable bonds is 1. The van der Waals surface area contributed by atoms with Gasteiger partial charge >= 0.3 is 0 Å². The molecule has 86 valence electrons. The summed E-state index contributed by atoms with van der Waals surface area (Å²) >= 11 is 0. The molecule has 3 rings (SSSR count). The smallest absolute Gasteiger partial charge is 0.235 e. The van der Waals surface area contributed by atoms with Crippen LogP contribution in [0.25, 0.3) is 0 Å². The van der Waals surface area contributed by atoms with E-state index in [1.807, 2.05) is 0 Å². The lowest BCUT2D eigenvalue weighted by Crippen LogP contribution is -2.28. The lowest BCUT2D eigenvalue weighted by Gasteiger charge is -2.21. The van der Waals surface area contributed by atoms with E-state index in [0.29, 0.717) is 19.6 Å². The van der Waals surface area contributed by atoms with E-state index in [1.54, 1.807) is 23.3 Å². The molecular formula is C11H14N2O3. The summed E-state index contributed by atoms with van der Waals surface area (Å²) in [5.41, 5.74) is 0. The molecule has 1 aromatic heterocycles. The van der Waals surface area contributed by atoms with Gasteiger partial charge in [-0.3, -0.25) is 9.36 Å². The zero-order valence-corrected chi connectivity index (χ0v) is 8.96. The SMILES string of the molecule is O=C(C1CCC2(C1)OCCO2)n1ccnc1. The summed E-state index contributed by atoms with van der Waals surface area (Å²) in [5.74, 6) is -0.387. The Bertz CT molecular complexity index is 382. The van der Waals surface area contributed by atoms with E-state index < -0.39 is 5.79 Å². The van der Waals surface area contributed by atoms with Crippen molar-refractivity contribution in [1.29, 1.82) is 0 Å². The standard InChI is InChI=1S/C11H14N2O3/c14-10(13-4-3-12-8-13)9-1-2-11(7-9)15-5-6-16-11/h3-4,8-9H,1-2,5-7H2. The van der Waals surface area contributed by atoms with Crippen LogP contribution in [0.5, 0.6) is 0 Å². The Balaban J connectivity index is 1.72. The lowest BCUT2D eigenvalue weighted by atomic mass is 10.1. The summed E-state index contributed by atoms with van der Waals surface area (Å²) in [5, 5.41) is 0. The molecule has 5 heteroatoms. The zero-order valence-electron chi connectivity index (χ0n) is 8.96. The van der Waals surface area contributed by atoms with Crippen molar-refractivity contribution in [1.82, 2.24) is 9.55 Å². The van der Waals surface area contributed by atoms with E-state index in [1.165, 1.54) is 0 Å². The highest BCUT2D eigenvalue weighted by atomic mass is 16.7. The Morgan fingerprint density at radius 3 is 2.94 bits per heavy atom. The van der Waals surface area contributed by atoms with Gasteiger partial charge in [0.05, 0.1) is 13.2 Å².